The van der Waals surface area contributed by atoms with E-state index in [1.54, 1.807) is 11.8 Å². The minimum absolute atomic E-state index is 0.195. The van der Waals surface area contributed by atoms with E-state index in [0.717, 1.165) is 84.3 Å². The summed E-state index contributed by atoms with van der Waals surface area (Å²) in [5, 5.41) is 5.88. The third-order valence-electron chi connectivity index (χ3n) is 6.74. The number of benzene rings is 2. The quantitative estimate of drug-likeness (QED) is 0.297. The van der Waals surface area contributed by atoms with Gasteiger partial charge < -0.3 is 9.80 Å². The SMILES string of the molecule is CCCCc1nc(N2CCCN(C(=O)CSc3ccccc3)CC2)c2c(C)nn(-c3ccccc3)c2n1. The van der Waals surface area contributed by atoms with Crippen LogP contribution in [0.1, 0.15) is 37.7 Å². The van der Waals surface area contributed by atoms with E-state index in [1.807, 2.05) is 52.9 Å². The second-order valence-electron chi connectivity index (χ2n) is 9.42. The molecule has 8 heteroatoms. The molecule has 0 saturated carbocycles. The van der Waals surface area contributed by atoms with Gasteiger partial charge in [-0.3, -0.25) is 4.79 Å². The molecule has 5 rings (SSSR count). The van der Waals surface area contributed by atoms with E-state index in [2.05, 4.69) is 36.1 Å². The highest BCUT2D eigenvalue weighted by molar-refractivity contribution is 8.00. The molecule has 2 aromatic carbocycles. The number of carbonyl (C=O) groups excluding carboxylic acids is 1. The Hall–Kier alpha value is -3.39. The highest BCUT2D eigenvalue weighted by Gasteiger charge is 2.25. The molecule has 1 aliphatic heterocycles. The predicted octanol–water partition coefficient (Wildman–Crippen LogP) is 5.30. The fraction of sp³-hybridized carbons (Fsp3) is 0.379. The van der Waals surface area contributed by atoms with Gasteiger partial charge in [0.05, 0.1) is 22.5 Å². The van der Waals surface area contributed by atoms with Gasteiger partial charge in [0.2, 0.25) is 5.91 Å². The Morgan fingerprint density at radius 1 is 0.946 bits per heavy atom. The van der Waals surface area contributed by atoms with Gasteiger partial charge in [0.15, 0.2) is 5.65 Å². The Labute approximate surface area is 222 Å². The molecular formula is C29H34N6OS. The number of hydrogen-bond donors (Lipinski definition) is 0. The van der Waals surface area contributed by atoms with Crippen LogP contribution in [0.15, 0.2) is 65.6 Å². The first kappa shape index (κ1) is 25.3. The van der Waals surface area contributed by atoms with Crippen LogP contribution in [0.2, 0.25) is 0 Å². The number of anilines is 1. The second-order valence-corrected chi connectivity index (χ2v) is 10.5. The Bertz CT molecular complexity index is 1340. The zero-order chi connectivity index (χ0) is 25.6. The van der Waals surface area contributed by atoms with Crippen LogP contribution in [0, 0.1) is 6.92 Å². The number of carbonyl (C=O) groups is 1. The molecule has 4 aromatic rings. The molecule has 0 aliphatic carbocycles. The molecule has 0 spiro atoms. The zero-order valence-electron chi connectivity index (χ0n) is 21.6. The van der Waals surface area contributed by atoms with E-state index in [1.165, 1.54) is 0 Å². The molecule has 7 nitrogen and oxygen atoms in total. The van der Waals surface area contributed by atoms with Crippen molar-refractivity contribution in [3.63, 3.8) is 0 Å². The number of thioether (sulfide) groups is 1. The lowest BCUT2D eigenvalue weighted by Gasteiger charge is -2.24. The number of hydrogen-bond acceptors (Lipinski definition) is 6. The summed E-state index contributed by atoms with van der Waals surface area (Å²) in [7, 11) is 0. The summed E-state index contributed by atoms with van der Waals surface area (Å²) < 4.78 is 1.94. The van der Waals surface area contributed by atoms with Crippen LogP contribution >= 0.6 is 11.8 Å². The standard InChI is InChI=1S/C29H34N6OS/c1-3-4-16-25-30-28(27-22(2)32-35(29(27)31-25)23-12-7-5-8-13-23)34-18-11-17-33(19-20-34)26(36)21-37-24-14-9-6-10-15-24/h5-10,12-15H,3-4,11,16-21H2,1-2H3. The molecule has 1 aliphatic rings. The molecular weight excluding hydrogens is 480 g/mol. The van der Waals surface area contributed by atoms with Gasteiger partial charge in [-0.05, 0) is 44.0 Å². The lowest BCUT2D eigenvalue weighted by Crippen LogP contribution is -2.36. The van der Waals surface area contributed by atoms with Crippen LogP contribution in [0.4, 0.5) is 5.82 Å². The van der Waals surface area contributed by atoms with Crippen molar-refractivity contribution in [3.8, 4) is 5.69 Å². The van der Waals surface area contributed by atoms with Gasteiger partial charge in [-0.25, -0.2) is 14.6 Å². The maximum Gasteiger partial charge on any atom is 0.232 e. The number of aryl methyl sites for hydroxylation is 2. The molecule has 0 unspecified atom stereocenters. The van der Waals surface area contributed by atoms with Crippen molar-refractivity contribution < 1.29 is 4.79 Å². The summed E-state index contributed by atoms with van der Waals surface area (Å²) in [4.78, 5) is 28.5. The van der Waals surface area contributed by atoms with Crippen molar-refractivity contribution in [2.45, 2.75) is 44.4 Å². The van der Waals surface area contributed by atoms with Crippen LogP contribution in [-0.4, -0.2) is 62.5 Å². The molecule has 0 bridgehead atoms. The van der Waals surface area contributed by atoms with Gasteiger partial charge in [0, 0.05) is 37.5 Å². The molecule has 37 heavy (non-hydrogen) atoms. The number of fused-ring (bicyclic) bond motifs is 1. The number of unbranched alkanes of at least 4 members (excludes halogenated alkanes) is 1. The molecule has 1 amide bonds. The van der Waals surface area contributed by atoms with Crippen LogP contribution in [-0.2, 0) is 11.2 Å². The maximum absolute atomic E-state index is 13.0. The number of nitrogens with zero attached hydrogens (tertiary/aromatic N) is 6. The maximum atomic E-state index is 13.0. The normalized spacial score (nSPS) is 14.2. The minimum Gasteiger partial charge on any atom is -0.354 e. The summed E-state index contributed by atoms with van der Waals surface area (Å²) in [5.74, 6) is 2.47. The van der Waals surface area contributed by atoms with Crippen LogP contribution in [0.25, 0.3) is 16.7 Å². The fourth-order valence-electron chi connectivity index (χ4n) is 4.76. The highest BCUT2D eigenvalue weighted by atomic mass is 32.2. The Morgan fingerprint density at radius 2 is 1.70 bits per heavy atom. The van der Waals surface area contributed by atoms with Crippen LogP contribution < -0.4 is 4.90 Å². The smallest absolute Gasteiger partial charge is 0.232 e. The van der Waals surface area contributed by atoms with Gasteiger partial charge in [-0.1, -0.05) is 49.7 Å². The lowest BCUT2D eigenvalue weighted by atomic mass is 10.2. The molecule has 0 N–H and O–H groups in total. The summed E-state index contributed by atoms with van der Waals surface area (Å²) in [5.41, 5.74) is 2.78. The molecule has 192 valence electrons. The Morgan fingerprint density at radius 3 is 2.46 bits per heavy atom. The molecule has 2 aromatic heterocycles. The van der Waals surface area contributed by atoms with E-state index in [4.69, 9.17) is 15.1 Å². The van der Waals surface area contributed by atoms with Gasteiger partial charge in [-0.2, -0.15) is 5.10 Å². The zero-order valence-corrected chi connectivity index (χ0v) is 22.5. The number of amides is 1. The molecule has 0 radical (unpaired) electrons. The van der Waals surface area contributed by atoms with Crippen LogP contribution in [0.5, 0.6) is 0 Å². The second kappa shape index (κ2) is 11.8. The van der Waals surface area contributed by atoms with Crippen molar-refractivity contribution in [3.05, 3.63) is 72.2 Å². The van der Waals surface area contributed by atoms with E-state index in [9.17, 15) is 4.79 Å². The minimum atomic E-state index is 0.195. The fourth-order valence-corrected chi connectivity index (χ4v) is 5.58. The monoisotopic (exact) mass is 514 g/mol. The van der Waals surface area contributed by atoms with Crippen molar-refractivity contribution in [2.75, 3.05) is 36.8 Å². The van der Waals surface area contributed by atoms with Gasteiger partial charge in [-0.15, -0.1) is 11.8 Å². The van der Waals surface area contributed by atoms with Gasteiger partial charge in [0.25, 0.3) is 0 Å². The van der Waals surface area contributed by atoms with Gasteiger partial charge in [0.1, 0.15) is 11.6 Å². The highest BCUT2D eigenvalue weighted by Crippen LogP contribution is 2.30. The van der Waals surface area contributed by atoms with E-state index >= 15 is 0 Å². The summed E-state index contributed by atoms with van der Waals surface area (Å²) in [6, 6.07) is 20.3. The lowest BCUT2D eigenvalue weighted by molar-refractivity contribution is -0.128. The third kappa shape index (κ3) is 5.80. The summed E-state index contributed by atoms with van der Waals surface area (Å²) in [6.45, 7) is 7.28. The third-order valence-corrected chi connectivity index (χ3v) is 7.73. The molecule has 1 fully saturated rings. The molecule has 0 atom stereocenters. The number of rotatable bonds is 8. The predicted molar refractivity (Wildman–Crippen MR) is 151 cm³/mol. The van der Waals surface area contributed by atoms with Crippen LogP contribution in [0.3, 0.4) is 0 Å². The Balaban J connectivity index is 1.40. The average Bonchev–Trinajstić information content (AvgIpc) is 3.10. The van der Waals surface area contributed by atoms with Crippen molar-refractivity contribution >= 4 is 34.5 Å². The first-order valence-electron chi connectivity index (χ1n) is 13.2. The van der Waals surface area contributed by atoms with E-state index < -0.39 is 0 Å². The summed E-state index contributed by atoms with van der Waals surface area (Å²) >= 11 is 1.60. The summed E-state index contributed by atoms with van der Waals surface area (Å²) in [6.07, 6.45) is 3.89. The van der Waals surface area contributed by atoms with E-state index in [0.29, 0.717) is 12.3 Å². The topological polar surface area (TPSA) is 67.2 Å². The van der Waals surface area contributed by atoms with Gasteiger partial charge >= 0.3 is 0 Å². The van der Waals surface area contributed by atoms with Crippen molar-refractivity contribution in [2.24, 2.45) is 0 Å². The largest absolute Gasteiger partial charge is 0.354 e. The number of para-hydroxylation sites is 1. The Kier molecular flexibility index (Phi) is 8.04. The van der Waals surface area contributed by atoms with Crippen molar-refractivity contribution in [1.82, 2.24) is 24.6 Å². The average molecular weight is 515 g/mol. The molecule has 1 saturated heterocycles. The number of aromatic nitrogens is 4. The molecule has 3 heterocycles. The first-order chi connectivity index (χ1) is 18.1. The van der Waals surface area contributed by atoms with Crippen molar-refractivity contribution in [1.29, 1.82) is 0 Å². The van der Waals surface area contributed by atoms with E-state index in [-0.39, 0.29) is 5.91 Å². The first-order valence-corrected chi connectivity index (χ1v) is 14.1.